The van der Waals surface area contributed by atoms with E-state index < -0.39 is 0 Å². The number of aryl methyl sites for hydroxylation is 2. The van der Waals surface area contributed by atoms with E-state index in [1.807, 2.05) is 19.9 Å². The molecule has 0 saturated heterocycles. The van der Waals surface area contributed by atoms with Crippen molar-refractivity contribution in [3.63, 3.8) is 0 Å². The number of carbonyl (C=O) groups excluding carboxylic acids is 1. The van der Waals surface area contributed by atoms with Crippen LogP contribution in [-0.4, -0.2) is 25.1 Å². The number of nitrogens with one attached hydrogen (secondary N) is 2. The van der Waals surface area contributed by atoms with E-state index in [4.69, 9.17) is 9.47 Å². The Hall–Kier alpha value is -2.28. The Labute approximate surface area is 148 Å². The third-order valence-corrected chi connectivity index (χ3v) is 4.41. The van der Waals surface area contributed by atoms with Gasteiger partial charge in [-0.1, -0.05) is 0 Å². The van der Waals surface area contributed by atoms with Gasteiger partial charge in [0.25, 0.3) is 11.5 Å². The largest absolute Gasteiger partial charge is 0.495 e. The van der Waals surface area contributed by atoms with Crippen LogP contribution < -0.4 is 20.3 Å². The van der Waals surface area contributed by atoms with Crippen molar-refractivity contribution in [2.75, 3.05) is 14.2 Å². The minimum absolute atomic E-state index is 0.140. The van der Waals surface area contributed by atoms with Crippen molar-refractivity contribution >= 4 is 21.8 Å². The molecular weight excluding hydrogens is 376 g/mol. The number of H-pyrrole nitrogens is 1. The second kappa shape index (κ2) is 7.53. The first-order valence-electron chi connectivity index (χ1n) is 7.26. The fraction of sp³-hybridized carbons (Fsp3) is 0.294. The number of aromatic amines is 1. The number of carbonyl (C=O) groups is 1. The number of aromatic nitrogens is 1. The van der Waals surface area contributed by atoms with Crippen molar-refractivity contribution in [2.24, 2.45) is 0 Å². The SMILES string of the molecule is COc1cc(C(=O)NCc2c(C)cc(C)[nH]c2=O)cc(OC)c1Br. The number of ether oxygens (including phenoxy) is 2. The third kappa shape index (κ3) is 3.79. The van der Waals surface area contributed by atoms with Crippen molar-refractivity contribution in [1.29, 1.82) is 0 Å². The van der Waals surface area contributed by atoms with E-state index in [0.717, 1.165) is 11.3 Å². The number of pyridine rings is 1. The van der Waals surface area contributed by atoms with Gasteiger partial charge in [0.05, 0.1) is 14.2 Å². The van der Waals surface area contributed by atoms with Gasteiger partial charge in [-0.15, -0.1) is 0 Å². The molecule has 1 aromatic carbocycles. The molecule has 2 rings (SSSR count). The highest BCUT2D eigenvalue weighted by molar-refractivity contribution is 9.10. The first kappa shape index (κ1) is 18.1. The van der Waals surface area contributed by atoms with E-state index in [1.54, 1.807) is 12.1 Å². The maximum atomic E-state index is 12.4. The summed E-state index contributed by atoms with van der Waals surface area (Å²) in [4.78, 5) is 27.1. The fourth-order valence-electron chi connectivity index (χ4n) is 2.37. The van der Waals surface area contributed by atoms with Crippen LogP contribution in [0.1, 0.15) is 27.2 Å². The predicted octanol–water partition coefficient (Wildman–Crippen LogP) is 2.70. The van der Waals surface area contributed by atoms with E-state index in [2.05, 4.69) is 26.2 Å². The van der Waals surface area contributed by atoms with Crippen LogP contribution in [0.4, 0.5) is 0 Å². The molecule has 2 N–H and O–H groups in total. The maximum absolute atomic E-state index is 12.4. The maximum Gasteiger partial charge on any atom is 0.253 e. The molecule has 0 bridgehead atoms. The highest BCUT2D eigenvalue weighted by atomic mass is 79.9. The first-order chi connectivity index (χ1) is 11.4. The number of methoxy groups -OCH3 is 2. The Kier molecular flexibility index (Phi) is 5.66. The summed E-state index contributed by atoms with van der Waals surface area (Å²) in [6.07, 6.45) is 0. The fourth-order valence-corrected chi connectivity index (χ4v) is 2.93. The van der Waals surface area contributed by atoms with E-state index in [9.17, 15) is 9.59 Å². The molecule has 2 aromatic rings. The Morgan fingerprint density at radius 1 is 1.17 bits per heavy atom. The average Bonchev–Trinajstić information content (AvgIpc) is 2.53. The normalized spacial score (nSPS) is 10.4. The molecule has 0 aliphatic carbocycles. The lowest BCUT2D eigenvalue weighted by Gasteiger charge is -2.12. The average molecular weight is 395 g/mol. The van der Waals surface area contributed by atoms with Gasteiger partial charge in [-0.3, -0.25) is 9.59 Å². The summed E-state index contributed by atoms with van der Waals surface area (Å²) in [5, 5.41) is 2.75. The molecular formula is C17H19BrN2O4. The molecule has 6 nitrogen and oxygen atoms in total. The lowest BCUT2D eigenvalue weighted by molar-refractivity contribution is 0.0950. The van der Waals surface area contributed by atoms with Gasteiger partial charge in [0.1, 0.15) is 16.0 Å². The van der Waals surface area contributed by atoms with Gasteiger partial charge in [-0.05, 0) is 53.5 Å². The first-order valence-corrected chi connectivity index (χ1v) is 8.05. The van der Waals surface area contributed by atoms with E-state index in [-0.39, 0.29) is 18.0 Å². The number of benzene rings is 1. The molecule has 0 unspecified atom stereocenters. The van der Waals surface area contributed by atoms with E-state index in [0.29, 0.717) is 27.1 Å². The summed E-state index contributed by atoms with van der Waals surface area (Å²) >= 11 is 3.36. The van der Waals surface area contributed by atoms with Gasteiger partial charge in [-0.2, -0.15) is 0 Å². The van der Waals surface area contributed by atoms with E-state index in [1.165, 1.54) is 14.2 Å². The van der Waals surface area contributed by atoms with Gasteiger partial charge < -0.3 is 19.8 Å². The Bertz CT molecular complexity index is 805. The van der Waals surface area contributed by atoms with Crippen LogP contribution in [-0.2, 0) is 6.54 Å². The van der Waals surface area contributed by atoms with Crippen LogP contribution in [0.25, 0.3) is 0 Å². The summed E-state index contributed by atoms with van der Waals surface area (Å²) < 4.78 is 11.1. The quantitative estimate of drug-likeness (QED) is 0.816. The second-order valence-electron chi connectivity index (χ2n) is 5.32. The van der Waals surface area contributed by atoms with Gasteiger partial charge in [0.2, 0.25) is 0 Å². The third-order valence-electron chi connectivity index (χ3n) is 3.63. The summed E-state index contributed by atoms with van der Waals surface area (Å²) in [5.74, 6) is 0.659. The Balaban J connectivity index is 2.24. The zero-order valence-electron chi connectivity index (χ0n) is 14.0. The molecule has 0 radical (unpaired) electrons. The number of hydrogen-bond acceptors (Lipinski definition) is 4. The molecule has 1 heterocycles. The van der Waals surface area contributed by atoms with Crippen LogP contribution in [0.15, 0.2) is 27.5 Å². The lowest BCUT2D eigenvalue weighted by Crippen LogP contribution is -2.28. The number of rotatable bonds is 5. The van der Waals surface area contributed by atoms with Crippen LogP contribution in [0.2, 0.25) is 0 Å². The van der Waals surface area contributed by atoms with Crippen molar-refractivity contribution < 1.29 is 14.3 Å². The van der Waals surface area contributed by atoms with Crippen LogP contribution in [0.5, 0.6) is 11.5 Å². The predicted molar refractivity (Wildman–Crippen MR) is 95.0 cm³/mol. The van der Waals surface area contributed by atoms with Gasteiger partial charge >= 0.3 is 0 Å². The smallest absolute Gasteiger partial charge is 0.253 e. The number of hydrogen-bond donors (Lipinski definition) is 2. The molecule has 128 valence electrons. The molecule has 1 aromatic heterocycles. The summed E-state index contributed by atoms with van der Waals surface area (Å²) in [6, 6.07) is 5.08. The number of amides is 1. The van der Waals surface area contributed by atoms with Gasteiger partial charge in [0, 0.05) is 23.4 Å². The molecule has 0 spiro atoms. The summed E-state index contributed by atoms with van der Waals surface area (Å²) in [7, 11) is 3.02. The monoisotopic (exact) mass is 394 g/mol. The highest BCUT2D eigenvalue weighted by Crippen LogP contribution is 2.35. The van der Waals surface area contributed by atoms with Crippen molar-refractivity contribution in [3.05, 3.63) is 55.4 Å². The second-order valence-corrected chi connectivity index (χ2v) is 6.11. The van der Waals surface area contributed by atoms with Crippen LogP contribution in [0.3, 0.4) is 0 Å². The van der Waals surface area contributed by atoms with E-state index >= 15 is 0 Å². The van der Waals surface area contributed by atoms with Crippen molar-refractivity contribution in [1.82, 2.24) is 10.3 Å². The Morgan fingerprint density at radius 3 is 2.25 bits per heavy atom. The zero-order chi connectivity index (χ0) is 17.9. The highest BCUT2D eigenvalue weighted by Gasteiger charge is 2.15. The molecule has 0 aliphatic rings. The Morgan fingerprint density at radius 2 is 1.75 bits per heavy atom. The van der Waals surface area contributed by atoms with Gasteiger partial charge in [0.15, 0.2) is 0 Å². The zero-order valence-corrected chi connectivity index (χ0v) is 15.5. The molecule has 0 fully saturated rings. The van der Waals surface area contributed by atoms with Crippen LogP contribution >= 0.6 is 15.9 Å². The molecule has 0 saturated carbocycles. The van der Waals surface area contributed by atoms with Crippen molar-refractivity contribution in [3.8, 4) is 11.5 Å². The minimum Gasteiger partial charge on any atom is -0.495 e. The minimum atomic E-state index is -0.321. The van der Waals surface area contributed by atoms with Crippen molar-refractivity contribution in [2.45, 2.75) is 20.4 Å². The summed E-state index contributed by atoms with van der Waals surface area (Å²) in [6.45, 7) is 3.80. The molecule has 0 atom stereocenters. The number of halogens is 1. The standard InChI is InChI=1S/C17H19BrN2O4/c1-9-5-10(2)20-17(22)12(9)8-19-16(21)11-6-13(23-3)15(18)14(7-11)24-4/h5-7H,8H2,1-4H3,(H,19,21)(H,20,22). The lowest BCUT2D eigenvalue weighted by atomic mass is 10.1. The van der Waals surface area contributed by atoms with Crippen LogP contribution in [0, 0.1) is 13.8 Å². The molecule has 0 aliphatic heterocycles. The topological polar surface area (TPSA) is 80.4 Å². The molecule has 24 heavy (non-hydrogen) atoms. The summed E-state index contributed by atoms with van der Waals surface area (Å²) in [5.41, 5.74) is 2.34. The van der Waals surface area contributed by atoms with Gasteiger partial charge in [-0.25, -0.2) is 0 Å². The molecule has 7 heteroatoms. The molecule has 1 amide bonds.